The van der Waals surface area contributed by atoms with Crippen LogP contribution in [0.2, 0.25) is 0 Å². The molecule has 0 aliphatic carbocycles. The van der Waals surface area contributed by atoms with Crippen LogP contribution in [0.4, 0.5) is 8.78 Å². The largest absolute Gasteiger partial charge is 0.586 e. The second-order valence-electron chi connectivity index (χ2n) is 6.25. The van der Waals surface area contributed by atoms with Crippen molar-refractivity contribution in [2.75, 3.05) is 25.1 Å². The first-order chi connectivity index (χ1) is 11.6. The van der Waals surface area contributed by atoms with E-state index in [9.17, 15) is 22.0 Å². The Morgan fingerprint density at radius 1 is 1.40 bits per heavy atom. The molecule has 2 aliphatic heterocycles. The number of fused-ring (bicyclic) bond motifs is 1. The number of ether oxygens (including phenoxy) is 2. The number of amides is 1. The lowest BCUT2D eigenvalue weighted by Crippen LogP contribution is -2.41. The molecule has 0 saturated carbocycles. The van der Waals surface area contributed by atoms with Gasteiger partial charge < -0.3 is 14.8 Å². The summed E-state index contributed by atoms with van der Waals surface area (Å²) < 4.78 is 58.1. The molecule has 0 radical (unpaired) electrons. The minimum absolute atomic E-state index is 0.00251. The standard InChI is InChI=1S/C15H18F2N2O5S/c1-19(8-13(20)18-11-5-6-25(21,22)9-11)7-10-3-2-4-12-14(10)24-15(16,17)23-12/h2-4,11H,5-9H2,1H3,(H,18,20). The first-order valence-corrected chi connectivity index (χ1v) is 9.52. The number of rotatable bonds is 5. The van der Waals surface area contributed by atoms with Crippen molar-refractivity contribution in [1.29, 1.82) is 0 Å². The van der Waals surface area contributed by atoms with Gasteiger partial charge in [-0.05, 0) is 19.5 Å². The van der Waals surface area contributed by atoms with Crippen LogP contribution in [-0.2, 0) is 21.2 Å². The highest BCUT2D eigenvalue weighted by Gasteiger charge is 2.44. The second kappa shape index (κ2) is 6.41. The molecular weight excluding hydrogens is 358 g/mol. The number of hydrogen-bond donors (Lipinski definition) is 1. The van der Waals surface area contributed by atoms with Gasteiger partial charge in [-0.1, -0.05) is 12.1 Å². The quantitative estimate of drug-likeness (QED) is 0.816. The molecule has 0 spiro atoms. The van der Waals surface area contributed by atoms with Crippen molar-refractivity contribution in [3.8, 4) is 11.5 Å². The van der Waals surface area contributed by atoms with E-state index >= 15 is 0 Å². The maximum absolute atomic E-state index is 13.2. The Morgan fingerprint density at radius 3 is 2.84 bits per heavy atom. The number of alkyl halides is 2. The predicted octanol–water partition coefficient (Wildman–Crippen LogP) is 0.743. The molecule has 1 fully saturated rings. The van der Waals surface area contributed by atoms with E-state index < -0.39 is 16.1 Å². The Hall–Kier alpha value is -1.94. The molecule has 0 bridgehead atoms. The highest BCUT2D eigenvalue weighted by atomic mass is 32.2. The summed E-state index contributed by atoms with van der Waals surface area (Å²) in [4.78, 5) is 13.6. The summed E-state index contributed by atoms with van der Waals surface area (Å²) in [5, 5.41) is 2.68. The lowest BCUT2D eigenvalue weighted by atomic mass is 10.1. The molecular formula is C15H18F2N2O5S. The van der Waals surface area contributed by atoms with Crippen LogP contribution in [0.5, 0.6) is 11.5 Å². The Bertz CT molecular complexity index is 784. The van der Waals surface area contributed by atoms with Gasteiger partial charge in [0.15, 0.2) is 21.3 Å². The lowest BCUT2D eigenvalue weighted by molar-refractivity contribution is -0.287. The molecule has 1 amide bonds. The van der Waals surface area contributed by atoms with Gasteiger partial charge in [-0.3, -0.25) is 9.69 Å². The van der Waals surface area contributed by atoms with Crippen LogP contribution in [0.3, 0.4) is 0 Å². The van der Waals surface area contributed by atoms with E-state index in [0.717, 1.165) is 0 Å². The van der Waals surface area contributed by atoms with Crippen LogP contribution in [0, 0.1) is 0 Å². The summed E-state index contributed by atoms with van der Waals surface area (Å²) in [6, 6.07) is 4.19. The SMILES string of the molecule is CN(CC(=O)NC1CCS(=O)(=O)C1)Cc1cccc2c1OC(F)(F)O2. The maximum Gasteiger partial charge on any atom is 0.586 e. The molecule has 138 valence electrons. The number of nitrogens with zero attached hydrogens (tertiary/aromatic N) is 1. The van der Waals surface area contributed by atoms with Crippen molar-refractivity contribution in [3.05, 3.63) is 23.8 Å². The van der Waals surface area contributed by atoms with Gasteiger partial charge in [0.2, 0.25) is 5.91 Å². The predicted molar refractivity (Wildman–Crippen MR) is 84.2 cm³/mol. The van der Waals surface area contributed by atoms with E-state index in [2.05, 4.69) is 14.8 Å². The van der Waals surface area contributed by atoms with E-state index in [1.54, 1.807) is 24.1 Å². The molecule has 1 atom stereocenters. The zero-order chi connectivity index (χ0) is 18.2. The number of halogens is 2. The molecule has 7 nitrogen and oxygen atoms in total. The number of likely N-dealkylation sites (N-methyl/N-ethyl adjacent to an activating group) is 1. The Morgan fingerprint density at radius 2 is 2.16 bits per heavy atom. The lowest BCUT2D eigenvalue weighted by Gasteiger charge is -2.19. The van der Waals surface area contributed by atoms with Crippen molar-refractivity contribution < 1.29 is 31.5 Å². The molecule has 2 heterocycles. The molecule has 1 aromatic carbocycles. The summed E-state index contributed by atoms with van der Waals surface area (Å²) in [5.74, 6) is -0.373. The molecule has 3 rings (SSSR count). The second-order valence-corrected chi connectivity index (χ2v) is 8.48. The van der Waals surface area contributed by atoms with Crippen LogP contribution in [0.15, 0.2) is 18.2 Å². The molecule has 1 saturated heterocycles. The summed E-state index contributed by atoms with van der Waals surface area (Å²) in [6.07, 6.45) is -3.29. The third kappa shape index (κ3) is 4.37. The molecule has 10 heteroatoms. The van der Waals surface area contributed by atoms with Gasteiger partial charge in [0.05, 0.1) is 18.1 Å². The normalized spacial score (nSPS) is 23.0. The van der Waals surface area contributed by atoms with Gasteiger partial charge in [0, 0.05) is 18.2 Å². The fourth-order valence-electron chi connectivity index (χ4n) is 2.92. The first-order valence-electron chi connectivity index (χ1n) is 7.70. The molecule has 25 heavy (non-hydrogen) atoms. The van der Waals surface area contributed by atoms with Crippen LogP contribution in [0.1, 0.15) is 12.0 Å². The topological polar surface area (TPSA) is 84.9 Å². The van der Waals surface area contributed by atoms with Gasteiger partial charge in [0.1, 0.15) is 0 Å². The van der Waals surface area contributed by atoms with E-state index in [1.165, 1.54) is 6.07 Å². The van der Waals surface area contributed by atoms with E-state index in [0.29, 0.717) is 12.0 Å². The third-order valence-corrected chi connectivity index (χ3v) is 5.73. The summed E-state index contributed by atoms with van der Waals surface area (Å²) >= 11 is 0. The van der Waals surface area contributed by atoms with Crippen molar-refractivity contribution in [2.24, 2.45) is 0 Å². The number of sulfone groups is 1. The van der Waals surface area contributed by atoms with Gasteiger partial charge in [-0.25, -0.2) is 8.42 Å². The average Bonchev–Trinajstić information content (AvgIpc) is 2.96. The van der Waals surface area contributed by atoms with Crippen LogP contribution in [0.25, 0.3) is 0 Å². The Kier molecular flexibility index (Phi) is 4.58. The minimum Gasteiger partial charge on any atom is -0.395 e. The molecule has 1 N–H and O–H groups in total. The van der Waals surface area contributed by atoms with Crippen LogP contribution >= 0.6 is 0 Å². The van der Waals surface area contributed by atoms with E-state index in [1.807, 2.05) is 0 Å². The van der Waals surface area contributed by atoms with Crippen molar-refractivity contribution in [1.82, 2.24) is 10.2 Å². The number of benzene rings is 1. The van der Waals surface area contributed by atoms with E-state index in [4.69, 9.17) is 0 Å². The van der Waals surface area contributed by atoms with Gasteiger partial charge in [-0.2, -0.15) is 0 Å². The summed E-state index contributed by atoms with van der Waals surface area (Å²) in [6.45, 7) is 0.191. The highest BCUT2D eigenvalue weighted by molar-refractivity contribution is 7.91. The van der Waals surface area contributed by atoms with Gasteiger partial charge in [0.25, 0.3) is 0 Å². The molecule has 0 aromatic heterocycles. The molecule has 1 aromatic rings. The maximum atomic E-state index is 13.2. The minimum atomic E-state index is -3.69. The number of para-hydroxylation sites is 1. The summed E-state index contributed by atoms with van der Waals surface area (Å²) in [5.41, 5.74) is 0.466. The van der Waals surface area contributed by atoms with E-state index in [-0.39, 0.29) is 48.0 Å². The van der Waals surface area contributed by atoms with Crippen LogP contribution in [-0.4, -0.2) is 56.7 Å². The number of carbonyl (C=O) groups excluding carboxylic acids is 1. The average molecular weight is 376 g/mol. The van der Waals surface area contributed by atoms with Crippen molar-refractivity contribution >= 4 is 15.7 Å². The first kappa shape index (κ1) is 17.9. The molecule has 1 unspecified atom stereocenters. The number of nitrogens with one attached hydrogen (secondary N) is 1. The van der Waals surface area contributed by atoms with Crippen molar-refractivity contribution in [3.63, 3.8) is 0 Å². The molecule has 2 aliphatic rings. The third-order valence-electron chi connectivity index (χ3n) is 3.96. The number of hydrogen-bond acceptors (Lipinski definition) is 6. The fourth-order valence-corrected chi connectivity index (χ4v) is 4.60. The van der Waals surface area contributed by atoms with Crippen molar-refractivity contribution in [2.45, 2.75) is 25.3 Å². The smallest absolute Gasteiger partial charge is 0.395 e. The Balaban J connectivity index is 1.56. The number of carbonyl (C=O) groups is 1. The van der Waals surface area contributed by atoms with Gasteiger partial charge in [-0.15, -0.1) is 8.78 Å². The summed E-state index contributed by atoms with van der Waals surface area (Å²) in [7, 11) is -1.41. The zero-order valence-corrected chi connectivity index (χ0v) is 14.3. The highest BCUT2D eigenvalue weighted by Crippen LogP contribution is 2.43. The Labute approximate surface area is 143 Å². The fraction of sp³-hybridized carbons (Fsp3) is 0.533. The zero-order valence-electron chi connectivity index (χ0n) is 13.5. The van der Waals surface area contributed by atoms with Crippen LogP contribution < -0.4 is 14.8 Å². The monoisotopic (exact) mass is 376 g/mol. The van der Waals surface area contributed by atoms with Gasteiger partial charge >= 0.3 is 6.29 Å².